The highest BCUT2D eigenvalue weighted by Crippen LogP contribution is 2.11. The van der Waals surface area contributed by atoms with Gasteiger partial charge in [-0.2, -0.15) is 0 Å². The van der Waals surface area contributed by atoms with E-state index in [1.54, 1.807) is 0 Å². The Bertz CT molecular complexity index is 314. The van der Waals surface area contributed by atoms with E-state index in [-0.39, 0.29) is 11.9 Å². The van der Waals surface area contributed by atoms with Crippen molar-refractivity contribution in [1.29, 1.82) is 0 Å². The largest absolute Gasteiger partial charge is 0.466 e. The molecule has 0 spiro atoms. The fraction of sp³-hybridized carbons (Fsp3) is 0.462. The van der Waals surface area contributed by atoms with Crippen LogP contribution in [-0.2, 0) is 16.0 Å². The van der Waals surface area contributed by atoms with Crippen LogP contribution in [0.4, 0.5) is 0 Å². The summed E-state index contributed by atoms with van der Waals surface area (Å²) >= 11 is 0. The van der Waals surface area contributed by atoms with Gasteiger partial charge < -0.3 is 4.74 Å². The van der Waals surface area contributed by atoms with Crippen LogP contribution in [0, 0.1) is 12.8 Å². The smallest absolute Gasteiger partial charge is 0.308 e. The Hall–Kier alpha value is -1.31. The lowest BCUT2D eigenvalue weighted by Crippen LogP contribution is -2.16. The van der Waals surface area contributed by atoms with Crippen LogP contribution in [0.2, 0.25) is 0 Å². The normalized spacial score (nSPS) is 12.2. The highest BCUT2D eigenvalue weighted by molar-refractivity contribution is 5.72. The van der Waals surface area contributed by atoms with Crippen molar-refractivity contribution in [3.05, 3.63) is 35.4 Å². The Morgan fingerprint density at radius 3 is 2.47 bits per heavy atom. The summed E-state index contributed by atoms with van der Waals surface area (Å²) in [5.41, 5.74) is 2.42. The average molecular weight is 206 g/mol. The van der Waals surface area contributed by atoms with Gasteiger partial charge in [-0.15, -0.1) is 0 Å². The number of aryl methyl sites for hydroxylation is 1. The summed E-state index contributed by atoms with van der Waals surface area (Å²) in [4.78, 5) is 11.4. The molecule has 0 aliphatic carbocycles. The Kier molecular flexibility index (Phi) is 4.35. The minimum Gasteiger partial charge on any atom is -0.466 e. The number of ether oxygens (including phenoxy) is 1. The second-order valence-corrected chi connectivity index (χ2v) is 3.84. The number of benzene rings is 1. The molecule has 0 amide bonds. The lowest BCUT2D eigenvalue weighted by atomic mass is 10.0. The van der Waals surface area contributed by atoms with E-state index in [2.05, 4.69) is 31.2 Å². The highest BCUT2D eigenvalue weighted by Gasteiger charge is 2.13. The van der Waals surface area contributed by atoms with E-state index < -0.39 is 0 Å². The Morgan fingerprint density at radius 2 is 1.93 bits per heavy atom. The van der Waals surface area contributed by atoms with E-state index in [0.29, 0.717) is 6.61 Å². The van der Waals surface area contributed by atoms with Crippen molar-refractivity contribution in [1.82, 2.24) is 0 Å². The first kappa shape index (κ1) is 11.8. The number of hydrogen-bond donors (Lipinski definition) is 0. The molecular weight excluding hydrogens is 188 g/mol. The molecule has 1 aromatic carbocycles. The molecule has 1 rings (SSSR count). The van der Waals surface area contributed by atoms with E-state index in [4.69, 9.17) is 4.74 Å². The Morgan fingerprint density at radius 1 is 1.33 bits per heavy atom. The minimum atomic E-state index is -0.113. The van der Waals surface area contributed by atoms with Crippen molar-refractivity contribution < 1.29 is 9.53 Å². The van der Waals surface area contributed by atoms with Crippen LogP contribution in [0.15, 0.2) is 24.3 Å². The quantitative estimate of drug-likeness (QED) is 0.708. The monoisotopic (exact) mass is 206 g/mol. The second kappa shape index (κ2) is 5.54. The molecule has 1 aromatic rings. The maximum absolute atomic E-state index is 11.4. The van der Waals surface area contributed by atoms with Gasteiger partial charge in [-0.25, -0.2) is 0 Å². The lowest BCUT2D eigenvalue weighted by molar-refractivity contribution is -0.147. The molecule has 0 heterocycles. The molecule has 0 aliphatic rings. The molecule has 0 aromatic heterocycles. The standard InChI is InChI=1S/C13H18O2/c1-4-15-13(14)11(3)9-12-7-5-10(2)6-8-12/h5-8,11H,4,9H2,1-3H3/t11-/m1/s1. The van der Waals surface area contributed by atoms with Crippen molar-refractivity contribution in [2.45, 2.75) is 27.2 Å². The summed E-state index contributed by atoms with van der Waals surface area (Å²) in [5.74, 6) is -0.175. The van der Waals surface area contributed by atoms with Gasteiger partial charge in [-0.05, 0) is 25.8 Å². The number of hydrogen-bond acceptors (Lipinski definition) is 2. The molecule has 0 saturated heterocycles. The zero-order valence-electron chi connectivity index (χ0n) is 9.62. The SMILES string of the molecule is CCOC(=O)[C@H](C)Cc1ccc(C)cc1. The van der Waals surface area contributed by atoms with Gasteiger partial charge in [0.2, 0.25) is 0 Å². The molecule has 2 nitrogen and oxygen atoms in total. The topological polar surface area (TPSA) is 26.3 Å². The van der Waals surface area contributed by atoms with Gasteiger partial charge in [0.15, 0.2) is 0 Å². The predicted molar refractivity (Wildman–Crippen MR) is 60.7 cm³/mol. The van der Waals surface area contributed by atoms with Gasteiger partial charge in [0.05, 0.1) is 12.5 Å². The van der Waals surface area contributed by atoms with E-state index in [0.717, 1.165) is 6.42 Å². The van der Waals surface area contributed by atoms with Gasteiger partial charge in [0, 0.05) is 0 Å². The van der Waals surface area contributed by atoms with Crippen LogP contribution >= 0.6 is 0 Å². The van der Waals surface area contributed by atoms with Gasteiger partial charge in [0.1, 0.15) is 0 Å². The van der Waals surface area contributed by atoms with Crippen LogP contribution in [-0.4, -0.2) is 12.6 Å². The van der Waals surface area contributed by atoms with Crippen molar-refractivity contribution >= 4 is 5.97 Å². The predicted octanol–water partition coefficient (Wildman–Crippen LogP) is 2.74. The zero-order valence-corrected chi connectivity index (χ0v) is 9.62. The molecule has 1 atom stereocenters. The van der Waals surface area contributed by atoms with Crippen molar-refractivity contribution in [3.63, 3.8) is 0 Å². The average Bonchev–Trinajstić information content (AvgIpc) is 2.22. The van der Waals surface area contributed by atoms with Gasteiger partial charge in [0.25, 0.3) is 0 Å². The first-order chi connectivity index (χ1) is 7.13. The van der Waals surface area contributed by atoms with Gasteiger partial charge in [-0.1, -0.05) is 36.8 Å². The van der Waals surface area contributed by atoms with Crippen LogP contribution in [0.25, 0.3) is 0 Å². The molecule has 0 saturated carbocycles. The first-order valence-electron chi connectivity index (χ1n) is 5.35. The molecule has 0 radical (unpaired) electrons. The third-order valence-electron chi connectivity index (χ3n) is 2.35. The van der Waals surface area contributed by atoms with Gasteiger partial charge in [-0.3, -0.25) is 4.79 Å². The molecule has 15 heavy (non-hydrogen) atoms. The number of esters is 1. The van der Waals surface area contributed by atoms with Crippen LogP contribution < -0.4 is 0 Å². The molecule has 0 aliphatic heterocycles. The summed E-state index contributed by atoms with van der Waals surface area (Å²) in [6, 6.07) is 8.25. The molecule has 0 fully saturated rings. The van der Waals surface area contributed by atoms with Crippen LogP contribution in [0.1, 0.15) is 25.0 Å². The third-order valence-corrected chi connectivity index (χ3v) is 2.35. The van der Waals surface area contributed by atoms with E-state index in [1.165, 1.54) is 11.1 Å². The molecule has 0 unspecified atom stereocenters. The maximum atomic E-state index is 11.4. The Labute approximate surface area is 91.3 Å². The molecular formula is C13H18O2. The second-order valence-electron chi connectivity index (χ2n) is 3.84. The maximum Gasteiger partial charge on any atom is 0.308 e. The highest BCUT2D eigenvalue weighted by atomic mass is 16.5. The summed E-state index contributed by atoms with van der Waals surface area (Å²) in [7, 11) is 0. The fourth-order valence-corrected chi connectivity index (χ4v) is 1.45. The Balaban J connectivity index is 2.54. The van der Waals surface area contributed by atoms with Crippen molar-refractivity contribution in [3.8, 4) is 0 Å². The fourth-order valence-electron chi connectivity index (χ4n) is 1.45. The van der Waals surface area contributed by atoms with E-state index >= 15 is 0 Å². The minimum absolute atomic E-state index is 0.0624. The molecule has 0 N–H and O–H groups in total. The van der Waals surface area contributed by atoms with Crippen molar-refractivity contribution in [2.24, 2.45) is 5.92 Å². The van der Waals surface area contributed by atoms with E-state index in [1.807, 2.05) is 13.8 Å². The van der Waals surface area contributed by atoms with Crippen molar-refractivity contribution in [2.75, 3.05) is 6.61 Å². The number of carbonyl (C=O) groups is 1. The summed E-state index contributed by atoms with van der Waals surface area (Å²) in [6.07, 6.45) is 0.749. The molecule has 82 valence electrons. The summed E-state index contributed by atoms with van der Waals surface area (Å²) in [5, 5.41) is 0. The molecule has 0 bridgehead atoms. The van der Waals surface area contributed by atoms with E-state index in [9.17, 15) is 4.79 Å². The van der Waals surface area contributed by atoms with Crippen LogP contribution in [0.5, 0.6) is 0 Å². The number of rotatable bonds is 4. The summed E-state index contributed by atoms with van der Waals surface area (Å²) < 4.78 is 4.96. The summed E-state index contributed by atoms with van der Waals surface area (Å²) in [6.45, 7) is 6.24. The third kappa shape index (κ3) is 3.74. The zero-order chi connectivity index (χ0) is 11.3. The molecule has 2 heteroatoms. The van der Waals surface area contributed by atoms with Crippen LogP contribution in [0.3, 0.4) is 0 Å². The number of carbonyl (C=O) groups excluding carboxylic acids is 1. The van der Waals surface area contributed by atoms with Gasteiger partial charge >= 0.3 is 5.97 Å². The lowest BCUT2D eigenvalue weighted by Gasteiger charge is -2.10. The first-order valence-corrected chi connectivity index (χ1v) is 5.35.